The Hall–Kier alpha value is -1.50. The van der Waals surface area contributed by atoms with Crippen LogP contribution in [0.4, 0.5) is 0 Å². The molecule has 0 saturated heterocycles. The maximum atomic E-state index is 2.34. The lowest BCUT2D eigenvalue weighted by Crippen LogP contribution is -2.45. The molecule has 2 aromatic carbocycles. The molecule has 0 aliphatic heterocycles. The van der Waals surface area contributed by atoms with Gasteiger partial charge >= 0.3 is 0 Å². The zero-order valence-corrected chi connectivity index (χ0v) is 13.9. The molecular formula is C19H25B. The summed E-state index contributed by atoms with van der Waals surface area (Å²) in [5, 5.41) is 0. The van der Waals surface area contributed by atoms with E-state index >= 15 is 0 Å². The highest BCUT2D eigenvalue weighted by atomic mass is 14.1. The van der Waals surface area contributed by atoms with Gasteiger partial charge in [-0.1, -0.05) is 75.4 Å². The van der Waals surface area contributed by atoms with Crippen LogP contribution in [-0.2, 0) is 0 Å². The van der Waals surface area contributed by atoms with Gasteiger partial charge in [0.2, 0.25) is 6.71 Å². The maximum Gasteiger partial charge on any atom is 0.207 e. The molecule has 0 spiro atoms. The first kappa shape index (κ1) is 14.9. The monoisotopic (exact) mass is 264 g/mol. The van der Waals surface area contributed by atoms with Crippen LogP contribution in [0.3, 0.4) is 0 Å². The van der Waals surface area contributed by atoms with Crippen molar-refractivity contribution < 1.29 is 0 Å². The fraction of sp³-hybridized carbons (Fsp3) is 0.368. The minimum Gasteiger partial charge on any atom is -0.0774 e. The summed E-state index contributed by atoms with van der Waals surface area (Å²) in [6.45, 7) is 16.1. The molecule has 0 N–H and O–H groups in total. The third-order valence-electron chi connectivity index (χ3n) is 4.34. The molecule has 104 valence electrons. The summed E-state index contributed by atoms with van der Waals surface area (Å²) in [7, 11) is 0. The van der Waals surface area contributed by atoms with E-state index in [1.54, 1.807) is 0 Å². The van der Waals surface area contributed by atoms with Gasteiger partial charge in [0.15, 0.2) is 0 Å². The van der Waals surface area contributed by atoms with E-state index in [1.807, 2.05) is 0 Å². The summed E-state index contributed by atoms with van der Waals surface area (Å²) < 4.78 is 0. The molecule has 0 unspecified atom stereocenters. The largest absolute Gasteiger partial charge is 0.207 e. The molecule has 0 radical (unpaired) electrons. The first-order valence-electron chi connectivity index (χ1n) is 7.46. The Kier molecular flexibility index (Phi) is 4.08. The van der Waals surface area contributed by atoms with Gasteiger partial charge < -0.3 is 0 Å². The van der Waals surface area contributed by atoms with Gasteiger partial charge in [0.25, 0.3) is 0 Å². The molecule has 2 aromatic rings. The van der Waals surface area contributed by atoms with Crippen LogP contribution in [0.5, 0.6) is 0 Å². The SMILES string of the molecule is CB(c1c(C)cc(C)cc1C)c1c(C)cc(C)cc1C. The average Bonchev–Trinajstić information content (AvgIpc) is 2.25. The summed E-state index contributed by atoms with van der Waals surface area (Å²) in [6.07, 6.45) is 0. The predicted molar refractivity (Wildman–Crippen MR) is 92.2 cm³/mol. The van der Waals surface area contributed by atoms with Gasteiger partial charge in [-0.15, -0.1) is 0 Å². The Labute approximate surface area is 124 Å². The fourth-order valence-corrected chi connectivity index (χ4v) is 3.89. The van der Waals surface area contributed by atoms with Crippen molar-refractivity contribution in [2.75, 3.05) is 0 Å². The second kappa shape index (κ2) is 5.48. The van der Waals surface area contributed by atoms with E-state index in [-0.39, 0.29) is 0 Å². The number of hydrogen-bond acceptors (Lipinski definition) is 0. The third kappa shape index (κ3) is 2.68. The first-order valence-corrected chi connectivity index (χ1v) is 7.46. The fourth-order valence-electron chi connectivity index (χ4n) is 3.89. The molecule has 0 heterocycles. The zero-order chi connectivity index (χ0) is 15.0. The maximum absolute atomic E-state index is 2.34. The van der Waals surface area contributed by atoms with Crippen LogP contribution < -0.4 is 10.9 Å². The highest BCUT2D eigenvalue weighted by Gasteiger charge is 2.21. The second-order valence-corrected chi connectivity index (χ2v) is 6.35. The van der Waals surface area contributed by atoms with E-state index in [0.29, 0.717) is 6.71 Å². The number of benzene rings is 2. The van der Waals surface area contributed by atoms with Crippen LogP contribution >= 0.6 is 0 Å². The standard InChI is InChI=1S/C19H25B/c1-12-8-14(3)18(15(4)9-12)20(7)19-16(5)10-13(2)11-17(19)6/h8-11H,1-7H3. The van der Waals surface area contributed by atoms with E-state index in [4.69, 9.17) is 0 Å². The van der Waals surface area contributed by atoms with Crippen molar-refractivity contribution >= 4 is 17.6 Å². The minimum atomic E-state index is 0.455. The van der Waals surface area contributed by atoms with Crippen molar-refractivity contribution in [3.8, 4) is 0 Å². The summed E-state index contributed by atoms with van der Waals surface area (Å²) >= 11 is 0. The molecule has 0 atom stereocenters. The lowest BCUT2D eigenvalue weighted by Gasteiger charge is -2.21. The Balaban J connectivity index is 2.61. The Morgan fingerprint density at radius 2 is 0.800 bits per heavy atom. The molecule has 0 aliphatic carbocycles. The lowest BCUT2D eigenvalue weighted by molar-refractivity contribution is 1.33. The minimum absolute atomic E-state index is 0.455. The molecular weight excluding hydrogens is 239 g/mol. The van der Waals surface area contributed by atoms with Gasteiger partial charge in [-0.3, -0.25) is 0 Å². The predicted octanol–water partition coefficient (Wildman–Crippen LogP) is 3.78. The topological polar surface area (TPSA) is 0 Å². The Morgan fingerprint density at radius 3 is 1.05 bits per heavy atom. The normalized spacial score (nSPS) is 10.8. The van der Waals surface area contributed by atoms with Crippen molar-refractivity contribution in [3.63, 3.8) is 0 Å². The molecule has 0 fully saturated rings. The molecule has 20 heavy (non-hydrogen) atoms. The van der Waals surface area contributed by atoms with Crippen LogP contribution in [-0.4, -0.2) is 6.71 Å². The first-order chi connectivity index (χ1) is 9.31. The van der Waals surface area contributed by atoms with Crippen LogP contribution in [0.25, 0.3) is 0 Å². The molecule has 1 heteroatoms. The Morgan fingerprint density at radius 1 is 0.550 bits per heavy atom. The van der Waals surface area contributed by atoms with Gasteiger partial charge in [0.05, 0.1) is 0 Å². The van der Waals surface area contributed by atoms with Crippen LogP contribution in [0, 0.1) is 41.5 Å². The number of aryl methyl sites for hydroxylation is 6. The Bertz CT molecular complexity index is 549. The van der Waals surface area contributed by atoms with Gasteiger partial charge in [-0.05, 0) is 41.5 Å². The van der Waals surface area contributed by atoms with Gasteiger partial charge in [0.1, 0.15) is 0 Å². The zero-order valence-electron chi connectivity index (χ0n) is 13.9. The molecule has 0 amide bonds. The lowest BCUT2D eigenvalue weighted by atomic mass is 9.39. The van der Waals surface area contributed by atoms with Crippen molar-refractivity contribution in [3.05, 3.63) is 57.6 Å². The van der Waals surface area contributed by atoms with Gasteiger partial charge in [0, 0.05) is 0 Å². The number of rotatable bonds is 2. The summed E-state index contributed by atoms with van der Waals surface area (Å²) in [6, 6.07) is 9.21. The van der Waals surface area contributed by atoms with E-state index in [9.17, 15) is 0 Å². The highest BCUT2D eigenvalue weighted by molar-refractivity contribution is 6.85. The van der Waals surface area contributed by atoms with Crippen molar-refractivity contribution in [1.29, 1.82) is 0 Å². The van der Waals surface area contributed by atoms with Crippen molar-refractivity contribution in [2.24, 2.45) is 0 Å². The quantitative estimate of drug-likeness (QED) is 0.724. The van der Waals surface area contributed by atoms with Crippen LogP contribution in [0.1, 0.15) is 33.4 Å². The molecule has 0 aliphatic rings. The van der Waals surface area contributed by atoms with Crippen molar-refractivity contribution in [2.45, 2.75) is 48.4 Å². The summed E-state index contributed by atoms with van der Waals surface area (Å²) in [5.41, 5.74) is 11.3. The van der Waals surface area contributed by atoms with E-state index in [2.05, 4.69) is 72.6 Å². The smallest absolute Gasteiger partial charge is 0.0774 e. The molecule has 2 rings (SSSR count). The molecule has 0 aromatic heterocycles. The van der Waals surface area contributed by atoms with Crippen LogP contribution in [0.2, 0.25) is 6.82 Å². The summed E-state index contributed by atoms with van der Waals surface area (Å²) in [5.74, 6) is 0. The van der Waals surface area contributed by atoms with Gasteiger partial charge in [-0.25, -0.2) is 0 Å². The highest BCUT2D eigenvalue weighted by Crippen LogP contribution is 2.12. The number of hydrogen-bond donors (Lipinski definition) is 0. The van der Waals surface area contributed by atoms with Crippen molar-refractivity contribution in [1.82, 2.24) is 0 Å². The van der Waals surface area contributed by atoms with E-state index < -0.39 is 0 Å². The van der Waals surface area contributed by atoms with Crippen LogP contribution in [0.15, 0.2) is 24.3 Å². The van der Waals surface area contributed by atoms with E-state index in [1.165, 1.54) is 44.3 Å². The average molecular weight is 264 g/mol. The molecule has 0 saturated carbocycles. The third-order valence-corrected chi connectivity index (χ3v) is 4.34. The second-order valence-electron chi connectivity index (χ2n) is 6.35. The van der Waals surface area contributed by atoms with Gasteiger partial charge in [-0.2, -0.15) is 0 Å². The molecule has 0 nitrogen and oxygen atoms in total. The summed E-state index contributed by atoms with van der Waals surface area (Å²) in [4.78, 5) is 0. The molecule has 0 bridgehead atoms. The van der Waals surface area contributed by atoms with E-state index in [0.717, 1.165) is 0 Å².